The van der Waals surface area contributed by atoms with E-state index >= 15 is 0 Å². The number of aryl methyl sites for hydroxylation is 1. The number of rotatable bonds is 39. The van der Waals surface area contributed by atoms with Gasteiger partial charge in [0.2, 0.25) is 23.6 Å². The maximum absolute atomic E-state index is 13.8. The first kappa shape index (κ1) is 79.6. The first-order chi connectivity index (χ1) is 38.0. The van der Waals surface area contributed by atoms with Crippen molar-refractivity contribution in [2.24, 2.45) is 17.8 Å². The molecule has 2 aromatic carbocycles. The number of ketones is 1. The van der Waals surface area contributed by atoms with E-state index in [1.54, 1.807) is 56.3 Å². The molecule has 0 saturated heterocycles. The quantitative estimate of drug-likeness (QED) is 0.0229. The molecule has 0 aliphatic heterocycles. The third kappa shape index (κ3) is 42.9. The number of phenolic OH excluding ortho intramolecular Hbond substituents is 1. The molecule has 0 heterocycles. The van der Waals surface area contributed by atoms with Gasteiger partial charge in [-0.1, -0.05) is 149 Å². The fraction of sp³-hybridized carbons (Fsp3) is 0.661. The predicted octanol–water partition coefficient (Wildman–Crippen LogP) is 9.69. The molecule has 0 aromatic heterocycles. The van der Waals surface area contributed by atoms with Gasteiger partial charge in [0.05, 0.1) is 12.5 Å². The van der Waals surface area contributed by atoms with Gasteiger partial charge in [0.15, 0.2) is 0 Å². The number of amides is 4. The van der Waals surface area contributed by atoms with E-state index < -0.39 is 59.7 Å². The standard InChI is InChI=1S/C39H53N4O10.C11H22O.C8H17NO2.C4H10.V/c1-26(38(50)51)17-20-35(47)41-31(25-29-18-19-33(45)27(2)23-29)36(48)43-32(24-28-13-7-6-8-14-28)37(49)42-30(39(52)53)15-10-11-21-40-34(46)16-9-4-3-5-12-22-44;1-5-6-7-9(2)10(3)8-11(4)12;1-3-5-9(6-4-2)7-8(10)11;1-3-4-2;/h6-8,13-14,18-19,23,26,30-32,45H,3-5,9-12,15-17,20-21,24-25H2,1-2H3,(H,40,46)(H,41,47)(H,42,49)(H,43,48)(H,50,51)(H,52,53);9-10H,5-8H2,1-4H3;3-7H2,1-2H3,(H,10,11);3-4H2,1-2H3;/q-1;;;;. The molecule has 459 valence electrons. The van der Waals surface area contributed by atoms with Crippen LogP contribution in [0.3, 0.4) is 0 Å². The van der Waals surface area contributed by atoms with Gasteiger partial charge in [-0.25, -0.2) is 4.79 Å². The van der Waals surface area contributed by atoms with E-state index in [1.807, 2.05) is 11.2 Å². The molecule has 1 radical (unpaired) electrons. The van der Waals surface area contributed by atoms with Crippen molar-refractivity contribution < 1.29 is 82.1 Å². The number of hydrogen-bond acceptors (Lipinski definition) is 11. The normalized spacial score (nSPS) is 12.7. The third-order valence-electron chi connectivity index (χ3n) is 13.3. The number of carboxylic acid groups (broad SMARTS) is 3. The summed E-state index contributed by atoms with van der Waals surface area (Å²) in [6.45, 7) is 22.3. The van der Waals surface area contributed by atoms with E-state index in [1.165, 1.54) is 45.1 Å². The van der Waals surface area contributed by atoms with Gasteiger partial charge in [-0.3, -0.25) is 40.0 Å². The van der Waals surface area contributed by atoms with Gasteiger partial charge in [-0.2, -0.15) is 6.42 Å². The van der Waals surface area contributed by atoms with Crippen LogP contribution in [0.25, 0.3) is 0 Å². The van der Waals surface area contributed by atoms with E-state index in [0.717, 1.165) is 51.6 Å². The summed E-state index contributed by atoms with van der Waals surface area (Å²) >= 11 is 0. The van der Waals surface area contributed by atoms with Crippen molar-refractivity contribution in [2.45, 2.75) is 222 Å². The maximum Gasteiger partial charge on any atom is 0.326 e. The summed E-state index contributed by atoms with van der Waals surface area (Å²) in [6.07, 6.45) is 15.8. The number of carbonyl (C=O) groups is 8. The van der Waals surface area contributed by atoms with Crippen LogP contribution in [-0.2, 0) is 74.5 Å². The van der Waals surface area contributed by atoms with Crippen LogP contribution < -0.4 is 21.3 Å². The molecule has 19 heteroatoms. The van der Waals surface area contributed by atoms with Crippen LogP contribution in [0.1, 0.15) is 201 Å². The summed E-state index contributed by atoms with van der Waals surface area (Å²) < 4.78 is 0. The van der Waals surface area contributed by atoms with Crippen LogP contribution in [0.5, 0.6) is 5.75 Å². The number of aliphatic carboxylic acids is 3. The van der Waals surface area contributed by atoms with Crippen molar-refractivity contribution in [2.75, 3.05) is 26.2 Å². The number of nitrogens with one attached hydrogen (secondary N) is 4. The van der Waals surface area contributed by atoms with E-state index in [4.69, 9.17) is 5.11 Å². The Bertz CT molecular complexity index is 2070. The Morgan fingerprint density at radius 3 is 1.69 bits per heavy atom. The average Bonchev–Trinajstić information content (AvgIpc) is 3.41. The number of nitrogens with zero attached hydrogens (tertiary/aromatic N) is 1. The van der Waals surface area contributed by atoms with Crippen LogP contribution in [0, 0.1) is 24.7 Å². The zero-order valence-corrected chi connectivity index (χ0v) is 52.0. The minimum Gasteiger partial charge on any atom is -0.542 e. The van der Waals surface area contributed by atoms with Crippen molar-refractivity contribution in [3.05, 3.63) is 65.2 Å². The zero-order chi connectivity index (χ0) is 60.8. The molecular formula is C62H102N5O13V-. The summed E-state index contributed by atoms with van der Waals surface area (Å²) in [5.74, 6) is -4.32. The van der Waals surface area contributed by atoms with Crippen LogP contribution in [0.2, 0.25) is 0 Å². The Kier molecular flexibility index (Phi) is 49.3. The number of benzene rings is 2. The number of aromatic hydroxyl groups is 1. The van der Waals surface area contributed by atoms with Gasteiger partial charge in [-0.15, -0.1) is 0 Å². The molecule has 0 spiro atoms. The second kappa shape index (κ2) is 50.2. The number of carboxylic acids is 3. The minimum absolute atomic E-state index is 0. The molecule has 2 rings (SSSR count). The second-order valence-electron chi connectivity index (χ2n) is 21.0. The topological polar surface area (TPSA) is 286 Å². The van der Waals surface area contributed by atoms with Crippen molar-refractivity contribution >= 4 is 53.6 Å². The number of carbonyl (C=O) groups excluding carboxylic acids is 6. The van der Waals surface area contributed by atoms with E-state index in [-0.39, 0.29) is 68.9 Å². The fourth-order valence-electron chi connectivity index (χ4n) is 8.07. The summed E-state index contributed by atoms with van der Waals surface area (Å²) in [6, 6.07) is 9.83. The molecule has 6 unspecified atom stereocenters. The van der Waals surface area contributed by atoms with Gasteiger partial charge >= 0.3 is 17.9 Å². The molecule has 4 amide bonds. The van der Waals surface area contributed by atoms with Crippen LogP contribution >= 0.6 is 0 Å². The molecular weight excluding hydrogens is 1070 g/mol. The molecule has 0 saturated carbocycles. The third-order valence-corrected chi connectivity index (χ3v) is 13.3. The molecule has 6 atom stereocenters. The zero-order valence-electron chi connectivity index (χ0n) is 50.6. The van der Waals surface area contributed by atoms with Crippen molar-refractivity contribution in [1.82, 2.24) is 26.2 Å². The van der Waals surface area contributed by atoms with Crippen LogP contribution in [0.4, 0.5) is 0 Å². The Labute approximate surface area is 496 Å². The second-order valence-corrected chi connectivity index (χ2v) is 21.0. The fourth-order valence-corrected chi connectivity index (χ4v) is 8.07. The smallest absolute Gasteiger partial charge is 0.326 e. The van der Waals surface area contributed by atoms with Crippen molar-refractivity contribution in [1.29, 1.82) is 0 Å². The van der Waals surface area contributed by atoms with Crippen LogP contribution in [0.15, 0.2) is 48.5 Å². The Hall–Kier alpha value is -5.59. The van der Waals surface area contributed by atoms with Crippen molar-refractivity contribution in [3.63, 3.8) is 0 Å². The number of phenols is 1. The molecule has 0 aliphatic carbocycles. The number of unbranched alkanes of at least 4 members (excludes halogenated alkanes) is 7. The molecule has 8 N–H and O–H groups in total. The number of Topliss-reactive ketones (excluding diaryl/α,β-unsaturated/α-hetero) is 1. The van der Waals surface area contributed by atoms with Gasteiger partial charge in [0.1, 0.15) is 29.7 Å². The summed E-state index contributed by atoms with van der Waals surface area (Å²) in [5, 5.41) is 48.3. The summed E-state index contributed by atoms with van der Waals surface area (Å²) in [7, 11) is 0. The van der Waals surface area contributed by atoms with E-state index in [0.29, 0.717) is 73.0 Å². The average molecular weight is 1180 g/mol. The van der Waals surface area contributed by atoms with Gasteiger partial charge in [0.25, 0.3) is 0 Å². The summed E-state index contributed by atoms with van der Waals surface area (Å²) in [4.78, 5) is 109. The van der Waals surface area contributed by atoms with E-state index in [2.05, 4.69) is 69.7 Å². The van der Waals surface area contributed by atoms with E-state index in [9.17, 15) is 58.5 Å². The molecule has 0 fully saturated rings. The Morgan fingerprint density at radius 2 is 1.17 bits per heavy atom. The Morgan fingerprint density at radius 1 is 0.593 bits per heavy atom. The number of hydrogen-bond donors (Lipinski definition) is 8. The van der Waals surface area contributed by atoms with Gasteiger partial charge in [0, 0.05) is 57.2 Å². The van der Waals surface area contributed by atoms with Crippen LogP contribution in [-0.4, -0.2) is 123 Å². The molecule has 18 nitrogen and oxygen atoms in total. The van der Waals surface area contributed by atoms with Gasteiger partial charge in [-0.05, 0) is 106 Å². The Balaban J connectivity index is -0.00000177. The molecule has 2 aromatic rings. The summed E-state index contributed by atoms with van der Waals surface area (Å²) in [5.41, 5.74) is 1.84. The molecule has 0 aliphatic rings. The largest absolute Gasteiger partial charge is 0.542 e. The molecule has 0 bridgehead atoms. The maximum atomic E-state index is 13.8. The monoisotopic (exact) mass is 1180 g/mol. The minimum atomic E-state index is -1.27. The first-order valence-corrected chi connectivity index (χ1v) is 29.2. The molecule has 81 heavy (non-hydrogen) atoms. The van der Waals surface area contributed by atoms with Gasteiger partial charge < -0.3 is 51.3 Å². The first-order valence-electron chi connectivity index (χ1n) is 29.2. The predicted molar refractivity (Wildman–Crippen MR) is 315 cm³/mol. The SMILES string of the molecule is CCCC.CCCCC(C)C(C)CC(C)=O.CCCN(CCC)CC(=O)O.Cc1cc(CC(NC(=O)CCC(C)C(=O)O)C(=O)NC(Cc2ccccc2)C(=O)NC(CCCCNC(=O)CCCCCC[C-]=O)C(=O)O)ccc1O.[V]. The van der Waals surface area contributed by atoms with Crippen molar-refractivity contribution in [3.8, 4) is 5.75 Å².